The van der Waals surface area contributed by atoms with Gasteiger partial charge in [0.05, 0.1) is 11.5 Å². The third kappa shape index (κ3) is 3.04. The normalized spacial score (nSPS) is 21.0. The first-order valence-electron chi connectivity index (χ1n) is 7.47. The molecule has 2 atom stereocenters. The lowest BCUT2D eigenvalue weighted by atomic mass is 9.83. The Kier molecular flexibility index (Phi) is 4.48. The molecule has 1 aliphatic heterocycles. The van der Waals surface area contributed by atoms with Gasteiger partial charge in [0.15, 0.2) is 0 Å². The van der Waals surface area contributed by atoms with Gasteiger partial charge in [-0.1, -0.05) is 30.3 Å². The van der Waals surface area contributed by atoms with Crippen molar-refractivity contribution in [3.05, 3.63) is 35.9 Å². The summed E-state index contributed by atoms with van der Waals surface area (Å²) >= 11 is 0. The number of carbonyl (C=O) groups is 1. The molecule has 1 aliphatic rings. The molecule has 110 valence electrons. The maximum Gasteiger partial charge on any atom is 0.232 e. The minimum Gasteiger partial charge on any atom is -0.393 e. The fraction of sp³-hybridized carbons (Fsp3) is 0.588. The van der Waals surface area contributed by atoms with E-state index < -0.39 is 5.41 Å². The van der Waals surface area contributed by atoms with Crippen molar-refractivity contribution in [2.75, 3.05) is 6.54 Å². The molecule has 1 saturated heterocycles. The largest absolute Gasteiger partial charge is 0.393 e. The van der Waals surface area contributed by atoms with Crippen LogP contribution in [0.25, 0.3) is 0 Å². The van der Waals surface area contributed by atoms with Crippen molar-refractivity contribution >= 4 is 5.91 Å². The Labute approximate surface area is 121 Å². The number of benzene rings is 1. The molecule has 0 aliphatic carbocycles. The lowest BCUT2D eigenvalue weighted by Gasteiger charge is -2.34. The molecule has 0 aromatic heterocycles. The van der Waals surface area contributed by atoms with Crippen LogP contribution in [0.3, 0.4) is 0 Å². The summed E-state index contributed by atoms with van der Waals surface area (Å²) in [5.41, 5.74) is 0.537. The number of nitrogens with zero attached hydrogens (tertiary/aromatic N) is 1. The number of amides is 1. The van der Waals surface area contributed by atoms with Crippen molar-refractivity contribution in [2.45, 2.75) is 57.6 Å². The molecule has 3 heteroatoms. The smallest absolute Gasteiger partial charge is 0.232 e. The van der Waals surface area contributed by atoms with Crippen LogP contribution < -0.4 is 0 Å². The van der Waals surface area contributed by atoms with Crippen molar-refractivity contribution in [1.82, 2.24) is 4.90 Å². The molecule has 1 heterocycles. The van der Waals surface area contributed by atoms with E-state index in [4.69, 9.17) is 0 Å². The maximum absolute atomic E-state index is 12.9. The fourth-order valence-electron chi connectivity index (χ4n) is 3.08. The third-order valence-corrected chi connectivity index (χ3v) is 4.28. The first-order valence-corrected chi connectivity index (χ1v) is 7.47. The zero-order valence-corrected chi connectivity index (χ0v) is 12.7. The van der Waals surface area contributed by atoms with Crippen LogP contribution >= 0.6 is 0 Å². The van der Waals surface area contributed by atoms with Crippen molar-refractivity contribution < 1.29 is 9.90 Å². The number of hydrogen-bond donors (Lipinski definition) is 1. The molecule has 2 unspecified atom stereocenters. The highest BCUT2D eigenvalue weighted by molar-refractivity contribution is 5.87. The van der Waals surface area contributed by atoms with E-state index >= 15 is 0 Å². The Morgan fingerprint density at radius 1 is 1.40 bits per heavy atom. The Morgan fingerprint density at radius 3 is 2.65 bits per heavy atom. The lowest BCUT2D eigenvalue weighted by Crippen LogP contribution is -2.46. The first-order chi connectivity index (χ1) is 9.43. The molecule has 1 aromatic carbocycles. The molecule has 1 aromatic rings. The monoisotopic (exact) mass is 275 g/mol. The van der Waals surface area contributed by atoms with Crippen molar-refractivity contribution in [2.24, 2.45) is 0 Å². The topological polar surface area (TPSA) is 40.5 Å². The van der Waals surface area contributed by atoms with Gasteiger partial charge in [-0.3, -0.25) is 4.79 Å². The summed E-state index contributed by atoms with van der Waals surface area (Å²) in [5.74, 6) is 0.173. The van der Waals surface area contributed by atoms with Gasteiger partial charge in [-0.15, -0.1) is 0 Å². The minimum absolute atomic E-state index is 0.173. The highest BCUT2D eigenvalue weighted by Gasteiger charge is 2.38. The summed E-state index contributed by atoms with van der Waals surface area (Å²) in [4.78, 5) is 14.9. The van der Waals surface area contributed by atoms with Gasteiger partial charge in [-0.2, -0.15) is 0 Å². The summed E-state index contributed by atoms with van der Waals surface area (Å²) in [6.07, 6.45) is 2.36. The average Bonchev–Trinajstić information content (AvgIpc) is 2.86. The maximum atomic E-state index is 12.9. The van der Waals surface area contributed by atoms with Crippen LogP contribution in [0.5, 0.6) is 0 Å². The van der Waals surface area contributed by atoms with E-state index in [9.17, 15) is 9.90 Å². The standard InChI is InChI=1S/C17H25NO2/c1-13(19)12-15-10-7-11-18(15)16(20)17(2,3)14-8-5-4-6-9-14/h4-6,8-9,13,15,19H,7,10-12H2,1-3H3. The summed E-state index contributed by atoms with van der Waals surface area (Å²) < 4.78 is 0. The highest BCUT2D eigenvalue weighted by atomic mass is 16.3. The molecule has 0 bridgehead atoms. The van der Waals surface area contributed by atoms with E-state index in [0.717, 1.165) is 24.9 Å². The summed E-state index contributed by atoms with van der Waals surface area (Å²) in [5, 5.41) is 9.59. The number of hydrogen-bond acceptors (Lipinski definition) is 2. The van der Waals surface area contributed by atoms with Crippen molar-refractivity contribution in [1.29, 1.82) is 0 Å². The third-order valence-electron chi connectivity index (χ3n) is 4.28. The van der Waals surface area contributed by atoms with E-state index in [1.807, 2.05) is 49.1 Å². The second kappa shape index (κ2) is 5.96. The van der Waals surface area contributed by atoms with Gasteiger partial charge in [-0.25, -0.2) is 0 Å². The molecule has 0 radical (unpaired) electrons. The van der Waals surface area contributed by atoms with Gasteiger partial charge in [0, 0.05) is 12.6 Å². The molecular weight excluding hydrogens is 250 g/mol. The fourth-order valence-corrected chi connectivity index (χ4v) is 3.08. The lowest BCUT2D eigenvalue weighted by molar-refractivity contribution is -0.137. The van der Waals surface area contributed by atoms with Gasteiger partial charge in [0.25, 0.3) is 0 Å². The summed E-state index contributed by atoms with van der Waals surface area (Å²) in [6, 6.07) is 10.1. The molecule has 0 spiro atoms. The van der Waals surface area contributed by atoms with Crippen LogP contribution in [-0.2, 0) is 10.2 Å². The Balaban J connectivity index is 2.17. The van der Waals surface area contributed by atoms with Gasteiger partial charge in [0.2, 0.25) is 5.91 Å². The second-order valence-corrected chi connectivity index (χ2v) is 6.37. The molecule has 0 saturated carbocycles. The van der Waals surface area contributed by atoms with Crippen LogP contribution in [-0.4, -0.2) is 34.6 Å². The van der Waals surface area contributed by atoms with Gasteiger partial charge >= 0.3 is 0 Å². The second-order valence-electron chi connectivity index (χ2n) is 6.37. The number of aliphatic hydroxyl groups is 1. The molecule has 3 nitrogen and oxygen atoms in total. The number of likely N-dealkylation sites (tertiary alicyclic amines) is 1. The Hall–Kier alpha value is -1.35. The summed E-state index contributed by atoms with van der Waals surface area (Å²) in [6.45, 7) is 6.58. The molecular formula is C17H25NO2. The molecule has 1 N–H and O–H groups in total. The van der Waals surface area contributed by atoms with E-state index in [0.29, 0.717) is 6.42 Å². The predicted octanol–water partition coefficient (Wildman–Crippen LogP) is 2.73. The predicted molar refractivity (Wildman–Crippen MR) is 80.5 cm³/mol. The van der Waals surface area contributed by atoms with E-state index in [-0.39, 0.29) is 18.1 Å². The Morgan fingerprint density at radius 2 is 2.05 bits per heavy atom. The van der Waals surface area contributed by atoms with Gasteiger partial charge in [-0.05, 0) is 45.6 Å². The number of carbonyl (C=O) groups excluding carboxylic acids is 1. The number of aliphatic hydroxyl groups excluding tert-OH is 1. The quantitative estimate of drug-likeness (QED) is 0.918. The van der Waals surface area contributed by atoms with Crippen LogP contribution in [0.2, 0.25) is 0 Å². The molecule has 20 heavy (non-hydrogen) atoms. The zero-order valence-electron chi connectivity index (χ0n) is 12.7. The minimum atomic E-state index is -0.511. The SMILES string of the molecule is CC(O)CC1CCCN1C(=O)C(C)(C)c1ccccc1. The summed E-state index contributed by atoms with van der Waals surface area (Å²) in [7, 11) is 0. The Bertz CT molecular complexity index is 453. The van der Waals surface area contributed by atoms with Crippen LogP contribution in [0, 0.1) is 0 Å². The van der Waals surface area contributed by atoms with Gasteiger partial charge < -0.3 is 10.0 Å². The molecule has 1 amide bonds. The van der Waals surface area contributed by atoms with Gasteiger partial charge in [0.1, 0.15) is 0 Å². The van der Waals surface area contributed by atoms with Crippen molar-refractivity contribution in [3.63, 3.8) is 0 Å². The van der Waals surface area contributed by atoms with Crippen molar-refractivity contribution in [3.8, 4) is 0 Å². The van der Waals surface area contributed by atoms with Crippen LogP contribution in [0.15, 0.2) is 30.3 Å². The van der Waals surface area contributed by atoms with E-state index in [1.165, 1.54) is 0 Å². The molecule has 1 fully saturated rings. The van der Waals surface area contributed by atoms with Crippen LogP contribution in [0.4, 0.5) is 0 Å². The number of rotatable bonds is 4. The van der Waals surface area contributed by atoms with Crippen LogP contribution in [0.1, 0.15) is 45.6 Å². The first kappa shape index (κ1) is 15.0. The molecule has 2 rings (SSSR count). The van der Waals surface area contributed by atoms with E-state index in [1.54, 1.807) is 6.92 Å². The highest BCUT2D eigenvalue weighted by Crippen LogP contribution is 2.30. The average molecular weight is 275 g/mol. The zero-order chi connectivity index (χ0) is 14.8. The van der Waals surface area contributed by atoms with E-state index in [2.05, 4.69) is 0 Å².